The molecule has 2 unspecified atom stereocenters. The molecule has 3 aliphatic heterocycles. The van der Waals surface area contributed by atoms with E-state index in [1.807, 2.05) is 0 Å². The van der Waals surface area contributed by atoms with E-state index in [0.29, 0.717) is 5.39 Å². The minimum atomic E-state index is -4.91. The number of ether oxygens (including phenoxy) is 2. The summed E-state index contributed by atoms with van der Waals surface area (Å²) in [4.78, 5) is 52.0. The Bertz CT molecular complexity index is 1900. The first-order chi connectivity index (χ1) is 20.9. The zero-order valence-corrected chi connectivity index (χ0v) is 24.0. The number of phosphoric ester groups is 2. The van der Waals surface area contributed by atoms with Crippen molar-refractivity contribution < 1.29 is 51.6 Å². The molecule has 3 fully saturated rings. The van der Waals surface area contributed by atoms with Crippen LogP contribution in [0, 0.1) is 0 Å². The number of fused-ring (bicyclic) bond motifs is 5. The van der Waals surface area contributed by atoms with Gasteiger partial charge in [-0.15, -0.1) is 0 Å². The van der Waals surface area contributed by atoms with Crippen LogP contribution in [-0.2, 0) is 36.7 Å². The van der Waals surface area contributed by atoms with Crippen molar-refractivity contribution in [1.29, 1.82) is 0 Å². The number of H-pyrrole nitrogens is 1. The van der Waals surface area contributed by atoms with Crippen LogP contribution in [0.5, 0.6) is 0 Å². The van der Waals surface area contributed by atoms with Crippen LogP contribution in [0.15, 0.2) is 29.7 Å². The van der Waals surface area contributed by atoms with Gasteiger partial charge in [0.05, 0.1) is 31.0 Å². The number of aromatic amines is 1. The van der Waals surface area contributed by atoms with Crippen LogP contribution in [0.4, 0.5) is 11.8 Å². The minimum absolute atomic E-state index is 0.0100. The molecular formula is C21H25N9O12P2. The summed E-state index contributed by atoms with van der Waals surface area (Å²) in [5.41, 5.74) is 11.1. The van der Waals surface area contributed by atoms with E-state index in [-0.39, 0.29) is 35.0 Å². The lowest BCUT2D eigenvalue weighted by Crippen LogP contribution is -2.36. The van der Waals surface area contributed by atoms with Crippen LogP contribution in [0.25, 0.3) is 22.2 Å². The molecule has 7 heterocycles. The molecule has 7 rings (SSSR count). The third kappa shape index (κ3) is 5.21. The van der Waals surface area contributed by atoms with Gasteiger partial charge < -0.3 is 40.4 Å². The van der Waals surface area contributed by atoms with Gasteiger partial charge in [0.15, 0.2) is 23.6 Å². The van der Waals surface area contributed by atoms with E-state index in [4.69, 9.17) is 39.0 Å². The van der Waals surface area contributed by atoms with Gasteiger partial charge in [0, 0.05) is 12.6 Å². The first-order valence-electron chi connectivity index (χ1n) is 13.0. The second-order valence-corrected chi connectivity index (χ2v) is 13.0. The van der Waals surface area contributed by atoms with Crippen molar-refractivity contribution in [2.45, 2.75) is 49.4 Å². The Morgan fingerprint density at radius 1 is 0.955 bits per heavy atom. The third-order valence-electron chi connectivity index (χ3n) is 7.34. The number of imidazole rings is 1. The molecule has 2 bridgehead atoms. The van der Waals surface area contributed by atoms with Crippen LogP contribution in [-0.4, -0.2) is 92.7 Å². The second-order valence-electron chi connectivity index (χ2n) is 10.2. The Morgan fingerprint density at radius 2 is 1.73 bits per heavy atom. The molecule has 44 heavy (non-hydrogen) atoms. The van der Waals surface area contributed by atoms with Crippen molar-refractivity contribution in [3.63, 3.8) is 0 Å². The maximum absolute atomic E-state index is 13.2. The summed E-state index contributed by atoms with van der Waals surface area (Å²) in [6.45, 7) is -1.27. The van der Waals surface area contributed by atoms with E-state index in [1.54, 1.807) is 6.07 Å². The lowest BCUT2D eigenvalue weighted by atomic mass is 10.1. The summed E-state index contributed by atoms with van der Waals surface area (Å²) < 4.78 is 61.9. The molecule has 0 aliphatic carbocycles. The van der Waals surface area contributed by atoms with Crippen molar-refractivity contribution in [1.82, 2.24) is 34.1 Å². The van der Waals surface area contributed by atoms with Crippen molar-refractivity contribution >= 4 is 49.6 Å². The molecule has 0 radical (unpaired) electrons. The predicted octanol–water partition coefficient (Wildman–Crippen LogP) is -0.707. The number of nitrogen functional groups attached to an aromatic ring is 2. The van der Waals surface area contributed by atoms with Gasteiger partial charge in [0.25, 0.3) is 5.56 Å². The molecule has 236 valence electrons. The Kier molecular flexibility index (Phi) is 7.11. The second kappa shape index (κ2) is 10.6. The monoisotopic (exact) mass is 657 g/mol. The maximum atomic E-state index is 13.2. The summed E-state index contributed by atoms with van der Waals surface area (Å²) in [6.07, 6.45) is -5.47. The van der Waals surface area contributed by atoms with Gasteiger partial charge in [-0.3, -0.25) is 32.4 Å². The van der Waals surface area contributed by atoms with Crippen molar-refractivity contribution in [2.24, 2.45) is 0 Å². The number of rotatable bonds is 2. The number of hydrogen-bond acceptors (Lipinski definition) is 16. The van der Waals surface area contributed by atoms with Gasteiger partial charge in [-0.1, -0.05) is 0 Å². The van der Waals surface area contributed by atoms with E-state index >= 15 is 0 Å². The fraction of sp³-hybridized carbons (Fsp3) is 0.476. The largest absolute Gasteiger partial charge is 0.472 e. The number of aliphatic hydroxyl groups excluding tert-OH is 1. The quantitative estimate of drug-likeness (QED) is 0.145. The first-order valence-corrected chi connectivity index (χ1v) is 16.0. The number of hydrogen-bond donors (Lipinski definition) is 6. The zero-order valence-electron chi connectivity index (χ0n) is 22.2. The molecule has 0 aromatic carbocycles. The third-order valence-corrected chi connectivity index (χ3v) is 9.34. The average Bonchev–Trinajstić information content (AvgIpc) is 3.72. The fourth-order valence-corrected chi connectivity index (χ4v) is 7.34. The summed E-state index contributed by atoms with van der Waals surface area (Å²) in [6, 6.07) is 1.58. The van der Waals surface area contributed by atoms with Gasteiger partial charge in [-0.05, 0) is 6.07 Å². The van der Waals surface area contributed by atoms with Gasteiger partial charge in [0.1, 0.15) is 42.2 Å². The van der Waals surface area contributed by atoms with E-state index in [0.717, 1.165) is 0 Å². The smallest absolute Gasteiger partial charge is 0.386 e. The number of anilines is 2. The molecule has 4 aromatic rings. The van der Waals surface area contributed by atoms with Crippen LogP contribution in [0.3, 0.4) is 0 Å². The minimum Gasteiger partial charge on any atom is -0.386 e. The van der Waals surface area contributed by atoms with Crippen molar-refractivity contribution in [3.8, 4) is 0 Å². The van der Waals surface area contributed by atoms with Gasteiger partial charge in [-0.2, -0.15) is 4.98 Å². The normalized spacial score (nSPS) is 36.6. The van der Waals surface area contributed by atoms with Gasteiger partial charge in [0.2, 0.25) is 5.95 Å². The van der Waals surface area contributed by atoms with Gasteiger partial charge >= 0.3 is 15.6 Å². The summed E-state index contributed by atoms with van der Waals surface area (Å²) >= 11 is 0. The topological polar surface area (TPSA) is 297 Å². The Labute approximate surface area is 244 Å². The lowest BCUT2D eigenvalue weighted by Gasteiger charge is -2.25. The molecule has 0 saturated carbocycles. The molecule has 3 saturated heterocycles. The maximum Gasteiger partial charge on any atom is 0.472 e. The summed E-state index contributed by atoms with van der Waals surface area (Å²) in [5, 5.41) is 11.6. The Hall–Kier alpha value is -3.33. The number of nitrogens with two attached hydrogens (primary N) is 2. The lowest BCUT2D eigenvalue weighted by molar-refractivity contribution is -0.0670. The molecule has 23 heteroatoms. The Morgan fingerprint density at radius 3 is 2.55 bits per heavy atom. The number of aliphatic hydroxyl groups is 1. The highest BCUT2D eigenvalue weighted by Crippen LogP contribution is 2.53. The number of aromatic nitrogens is 7. The van der Waals surface area contributed by atoms with E-state index in [9.17, 15) is 28.8 Å². The molecular weight excluding hydrogens is 632 g/mol. The highest BCUT2D eigenvalue weighted by atomic mass is 31.2. The Balaban J connectivity index is 1.19. The average molecular weight is 657 g/mol. The van der Waals surface area contributed by atoms with E-state index in [1.165, 1.54) is 28.0 Å². The molecule has 0 spiro atoms. The van der Waals surface area contributed by atoms with E-state index in [2.05, 4.69) is 24.9 Å². The number of phosphoric acid groups is 2. The highest BCUT2D eigenvalue weighted by Gasteiger charge is 2.51. The predicted molar refractivity (Wildman–Crippen MR) is 144 cm³/mol. The number of nitrogens with one attached hydrogen (secondary N) is 1. The SMILES string of the molecule is Nc1nc2c(ncn2[C@@H]2O[C@@H]3COP(=O)(O)O[C@H]4[C@@H](O)[C@H](n5ccc6c(N)ncnc65)O[C@@H]4COP(=O)(O)O[C@@H]2C3)c(=O)[nH]1. The first kappa shape index (κ1) is 29.4. The zero-order chi connectivity index (χ0) is 31.0. The molecule has 8 N–H and O–H groups in total. The summed E-state index contributed by atoms with van der Waals surface area (Å²) in [5.74, 6) is -0.0494. The molecule has 4 aromatic heterocycles. The van der Waals surface area contributed by atoms with Crippen molar-refractivity contribution in [2.75, 3.05) is 24.7 Å². The standard InChI is InChI=1S/C21H25N9O12P2/c22-15-9-1-2-29(16(9)25-6-24-15)20-13(31)14-11(40-20)5-38-43(33,34)41-10-3-8(4-37-44(35,36)42-14)39-19(10)30-7-26-12-17(30)27-21(23)28-18(12)32/h1-2,6-8,10-11,13-14,19-20,31H,3-5H2,(H,33,34)(H,35,36)(H2,22,24,25)(H3,23,27,28,32)/t8-,10+,11+,13+,14+,19+,20+/m0/s1. The van der Waals surface area contributed by atoms with Crippen molar-refractivity contribution in [3.05, 3.63) is 35.3 Å². The fourth-order valence-electron chi connectivity index (χ4n) is 5.43. The number of nitrogens with zero attached hydrogens (tertiary/aromatic N) is 6. The van der Waals surface area contributed by atoms with Crippen LogP contribution < -0.4 is 17.0 Å². The summed E-state index contributed by atoms with van der Waals surface area (Å²) in [7, 11) is -9.82. The van der Waals surface area contributed by atoms with Crippen LogP contribution in [0.1, 0.15) is 18.9 Å². The van der Waals surface area contributed by atoms with E-state index < -0.39 is 77.4 Å². The van der Waals surface area contributed by atoms with Crippen LogP contribution in [0.2, 0.25) is 0 Å². The molecule has 3 aliphatic rings. The molecule has 0 amide bonds. The highest BCUT2D eigenvalue weighted by molar-refractivity contribution is 7.47. The van der Waals surface area contributed by atoms with Crippen LogP contribution >= 0.6 is 15.6 Å². The van der Waals surface area contributed by atoms with Gasteiger partial charge in [-0.25, -0.2) is 24.1 Å². The molecule has 21 nitrogen and oxygen atoms in total. The molecule has 9 atom stereocenters.